The number of ether oxygens (including phenoxy) is 2. The molecule has 39 heavy (non-hydrogen) atoms. The Morgan fingerprint density at radius 3 is 1.77 bits per heavy atom. The van der Waals surface area contributed by atoms with Crippen LogP contribution in [0, 0.1) is 0 Å². The van der Waals surface area contributed by atoms with E-state index in [1.54, 1.807) is 14.2 Å². The molecule has 2 heterocycles. The third-order valence-corrected chi connectivity index (χ3v) is 6.72. The van der Waals surface area contributed by atoms with Crippen LogP contribution >= 0.6 is 0 Å². The standard InChI is InChI=1S/C34H27N3O2/c1-38-27-17-13-24(14-18-27)30-22-31(25-11-7-4-8-12-25)35-34(30)37-33-29(23-9-5-3-6-10-23)21-32(36-33)26-15-19-28(39-2)20-16-26/h3-22,35H,1-2H3/b37-33-. The molecule has 0 unspecified atom stereocenters. The summed E-state index contributed by atoms with van der Waals surface area (Å²) in [6.07, 6.45) is 2.10. The number of allylic oxidation sites excluding steroid dienone is 1. The summed E-state index contributed by atoms with van der Waals surface area (Å²) in [4.78, 5) is 13.7. The number of methoxy groups -OCH3 is 2. The molecular formula is C34H27N3O2. The Bertz CT molecular complexity index is 1680. The first kappa shape index (κ1) is 24.2. The van der Waals surface area contributed by atoms with Crippen LogP contribution in [0.3, 0.4) is 0 Å². The van der Waals surface area contributed by atoms with E-state index in [0.29, 0.717) is 5.84 Å². The fourth-order valence-electron chi connectivity index (χ4n) is 4.63. The third-order valence-electron chi connectivity index (χ3n) is 6.72. The van der Waals surface area contributed by atoms with E-state index in [9.17, 15) is 0 Å². The highest BCUT2D eigenvalue weighted by molar-refractivity contribution is 6.38. The van der Waals surface area contributed by atoms with Gasteiger partial charge in [-0.15, -0.1) is 0 Å². The molecule has 0 saturated carbocycles. The van der Waals surface area contributed by atoms with Crippen molar-refractivity contribution in [2.45, 2.75) is 0 Å². The number of hydrogen-bond donors (Lipinski definition) is 1. The van der Waals surface area contributed by atoms with Crippen molar-refractivity contribution >= 4 is 22.9 Å². The number of H-pyrrole nitrogens is 1. The fraction of sp³-hybridized carbons (Fsp3) is 0.0588. The summed E-state index contributed by atoms with van der Waals surface area (Å²) >= 11 is 0. The van der Waals surface area contributed by atoms with Gasteiger partial charge < -0.3 is 14.5 Å². The zero-order valence-corrected chi connectivity index (χ0v) is 21.8. The normalized spacial score (nSPS) is 13.7. The van der Waals surface area contributed by atoms with Gasteiger partial charge in [-0.2, -0.15) is 0 Å². The van der Waals surface area contributed by atoms with Crippen LogP contribution in [-0.4, -0.2) is 30.8 Å². The fourth-order valence-corrected chi connectivity index (χ4v) is 4.63. The number of aromatic nitrogens is 1. The predicted molar refractivity (Wildman–Crippen MR) is 159 cm³/mol. The Labute approximate surface area is 227 Å². The van der Waals surface area contributed by atoms with Gasteiger partial charge in [0.1, 0.15) is 17.3 Å². The van der Waals surface area contributed by atoms with Crippen LogP contribution in [0.25, 0.3) is 28.0 Å². The number of hydrogen-bond acceptors (Lipinski definition) is 3. The third kappa shape index (κ3) is 5.03. The molecule has 1 aliphatic rings. The van der Waals surface area contributed by atoms with Crippen LogP contribution < -0.4 is 9.47 Å². The number of amidine groups is 1. The van der Waals surface area contributed by atoms with Crippen LogP contribution in [-0.2, 0) is 0 Å². The number of rotatable bonds is 7. The predicted octanol–water partition coefficient (Wildman–Crippen LogP) is 7.98. The average Bonchev–Trinajstić information content (AvgIpc) is 3.63. The van der Waals surface area contributed by atoms with Crippen molar-refractivity contribution in [1.82, 2.24) is 4.98 Å². The molecule has 190 valence electrons. The lowest BCUT2D eigenvalue weighted by atomic mass is 10.0. The summed E-state index contributed by atoms with van der Waals surface area (Å²) in [6.45, 7) is 0. The van der Waals surface area contributed by atoms with Crippen molar-refractivity contribution in [3.63, 3.8) is 0 Å². The minimum atomic E-state index is 0.656. The van der Waals surface area contributed by atoms with Gasteiger partial charge in [0.05, 0.1) is 19.9 Å². The van der Waals surface area contributed by atoms with E-state index in [1.165, 1.54) is 0 Å². The molecule has 0 radical (unpaired) electrons. The Hall–Kier alpha value is -5.16. The lowest BCUT2D eigenvalue weighted by molar-refractivity contribution is 0.414. The molecule has 0 amide bonds. The minimum Gasteiger partial charge on any atom is -0.497 e. The van der Waals surface area contributed by atoms with Crippen molar-refractivity contribution in [2.24, 2.45) is 9.98 Å². The van der Waals surface area contributed by atoms with Crippen molar-refractivity contribution in [3.8, 4) is 33.9 Å². The van der Waals surface area contributed by atoms with Crippen LogP contribution in [0.15, 0.2) is 131 Å². The largest absolute Gasteiger partial charge is 0.497 e. The minimum absolute atomic E-state index is 0.656. The van der Waals surface area contributed by atoms with E-state index in [2.05, 4.69) is 53.5 Å². The van der Waals surface area contributed by atoms with Gasteiger partial charge in [-0.3, -0.25) is 0 Å². The number of nitrogens with zero attached hydrogens (tertiary/aromatic N) is 2. The molecule has 5 heteroatoms. The highest BCUT2D eigenvalue weighted by atomic mass is 16.5. The molecular weight excluding hydrogens is 482 g/mol. The quantitative estimate of drug-likeness (QED) is 0.242. The monoisotopic (exact) mass is 509 g/mol. The summed E-state index contributed by atoms with van der Waals surface area (Å²) in [5.41, 5.74) is 8.00. The van der Waals surface area contributed by atoms with Gasteiger partial charge in [0.2, 0.25) is 0 Å². The van der Waals surface area contributed by atoms with E-state index in [1.807, 2.05) is 72.8 Å². The van der Waals surface area contributed by atoms with Gasteiger partial charge in [0, 0.05) is 22.4 Å². The second-order valence-corrected chi connectivity index (χ2v) is 9.12. The second kappa shape index (κ2) is 10.7. The van der Waals surface area contributed by atoms with Gasteiger partial charge in [0.25, 0.3) is 0 Å². The van der Waals surface area contributed by atoms with Crippen molar-refractivity contribution < 1.29 is 9.47 Å². The van der Waals surface area contributed by atoms with Crippen LogP contribution in [0.2, 0.25) is 0 Å². The first-order valence-electron chi connectivity index (χ1n) is 12.7. The molecule has 0 aliphatic carbocycles. The molecule has 0 fully saturated rings. The smallest absolute Gasteiger partial charge is 0.162 e. The highest BCUT2D eigenvalue weighted by Crippen LogP contribution is 2.37. The molecule has 0 spiro atoms. The van der Waals surface area contributed by atoms with E-state index in [-0.39, 0.29) is 0 Å². The first-order valence-corrected chi connectivity index (χ1v) is 12.7. The summed E-state index contributed by atoms with van der Waals surface area (Å²) in [7, 11) is 3.34. The summed E-state index contributed by atoms with van der Waals surface area (Å²) in [5, 5.41) is 0. The summed E-state index contributed by atoms with van der Waals surface area (Å²) in [5.74, 6) is 3.02. The first-order chi connectivity index (χ1) is 19.2. The van der Waals surface area contributed by atoms with E-state index in [4.69, 9.17) is 19.5 Å². The maximum Gasteiger partial charge on any atom is 0.162 e. The molecule has 0 bridgehead atoms. The Kier molecular flexibility index (Phi) is 6.62. The van der Waals surface area contributed by atoms with Crippen LogP contribution in [0.5, 0.6) is 11.5 Å². The van der Waals surface area contributed by atoms with Gasteiger partial charge in [-0.25, -0.2) is 9.98 Å². The molecule has 5 aromatic rings. The Morgan fingerprint density at radius 2 is 1.18 bits per heavy atom. The zero-order valence-electron chi connectivity index (χ0n) is 21.8. The SMILES string of the molecule is COc1ccc(C2=N/C(=N\c3[nH]c(-c4ccccc4)cc3-c3ccc(OC)cc3)C(c3ccccc3)=C2)cc1. The van der Waals surface area contributed by atoms with E-state index < -0.39 is 0 Å². The van der Waals surface area contributed by atoms with Crippen molar-refractivity contribution in [1.29, 1.82) is 0 Å². The lowest BCUT2D eigenvalue weighted by Crippen LogP contribution is -1.96. The van der Waals surface area contributed by atoms with Crippen LogP contribution in [0.1, 0.15) is 11.1 Å². The second-order valence-electron chi connectivity index (χ2n) is 9.12. The summed E-state index contributed by atoms with van der Waals surface area (Å²) in [6, 6.07) is 38.6. The summed E-state index contributed by atoms with van der Waals surface area (Å²) < 4.78 is 10.7. The maximum absolute atomic E-state index is 5.38. The number of aromatic amines is 1. The topological polar surface area (TPSA) is 59.0 Å². The van der Waals surface area contributed by atoms with Gasteiger partial charge in [0.15, 0.2) is 5.84 Å². The molecule has 0 saturated heterocycles. The molecule has 1 aliphatic heterocycles. The Balaban J connectivity index is 1.49. The van der Waals surface area contributed by atoms with E-state index >= 15 is 0 Å². The number of aliphatic imine (C=N–C) groups is 2. The number of benzene rings is 4. The Morgan fingerprint density at radius 1 is 0.615 bits per heavy atom. The molecule has 5 nitrogen and oxygen atoms in total. The maximum atomic E-state index is 5.38. The van der Waals surface area contributed by atoms with Crippen molar-refractivity contribution in [3.05, 3.63) is 132 Å². The van der Waals surface area contributed by atoms with Crippen molar-refractivity contribution in [2.75, 3.05) is 14.2 Å². The average molecular weight is 510 g/mol. The van der Waals surface area contributed by atoms with Gasteiger partial charge in [-0.05, 0) is 65.2 Å². The molecule has 0 atom stereocenters. The lowest BCUT2D eigenvalue weighted by Gasteiger charge is -2.05. The zero-order chi connectivity index (χ0) is 26.6. The van der Waals surface area contributed by atoms with E-state index in [0.717, 1.165) is 62.1 Å². The van der Waals surface area contributed by atoms with Gasteiger partial charge in [-0.1, -0.05) is 72.8 Å². The molecule has 4 aromatic carbocycles. The van der Waals surface area contributed by atoms with Gasteiger partial charge >= 0.3 is 0 Å². The number of nitrogens with one attached hydrogen (secondary N) is 1. The molecule has 6 rings (SSSR count). The molecule has 1 aromatic heterocycles. The highest BCUT2D eigenvalue weighted by Gasteiger charge is 2.21. The molecule has 1 N–H and O–H groups in total. The van der Waals surface area contributed by atoms with Crippen LogP contribution in [0.4, 0.5) is 5.82 Å².